The highest BCUT2D eigenvalue weighted by Crippen LogP contribution is 2.59. The molecule has 5 rings (SSSR count). The maximum Gasteiger partial charge on any atom is 0.253 e. The van der Waals surface area contributed by atoms with Crippen LogP contribution >= 0.6 is 11.6 Å². The summed E-state index contributed by atoms with van der Waals surface area (Å²) in [6.45, 7) is 10.9. The van der Waals surface area contributed by atoms with Gasteiger partial charge in [-0.2, -0.15) is 0 Å². The van der Waals surface area contributed by atoms with Gasteiger partial charge in [0.15, 0.2) is 0 Å². The lowest BCUT2D eigenvalue weighted by molar-refractivity contribution is -0.145. The van der Waals surface area contributed by atoms with Crippen molar-refractivity contribution in [3.05, 3.63) is 90.0 Å². The van der Waals surface area contributed by atoms with E-state index in [-0.39, 0.29) is 30.9 Å². The van der Waals surface area contributed by atoms with Crippen LogP contribution in [0, 0.1) is 18.8 Å². The van der Waals surface area contributed by atoms with Crippen LogP contribution in [0.25, 0.3) is 0 Å². The van der Waals surface area contributed by atoms with E-state index in [2.05, 4.69) is 13.2 Å². The van der Waals surface area contributed by atoms with E-state index in [0.29, 0.717) is 62.4 Å². The number of fused-ring (bicyclic) bond motifs is 1. The maximum atomic E-state index is 14.8. The van der Waals surface area contributed by atoms with Gasteiger partial charge in [0.2, 0.25) is 11.8 Å². The number of halogens is 1. The molecule has 2 aromatic rings. The molecule has 3 heterocycles. The largest absolute Gasteiger partial charge is 0.396 e. The molecule has 3 aliphatic heterocycles. The molecule has 0 aromatic heterocycles. The first-order valence-electron chi connectivity index (χ1n) is 15.5. The van der Waals surface area contributed by atoms with E-state index in [1.807, 2.05) is 49.4 Å². The second-order valence-electron chi connectivity index (χ2n) is 12.0. The van der Waals surface area contributed by atoms with Gasteiger partial charge in [-0.3, -0.25) is 14.4 Å². The number of anilines is 1. The molecule has 2 bridgehead atoms. The molecular formula is C35H42ClN3O5. The average molecular weight is 620 g/mol. The minimum atomic E-state index is -1.13. The number of benzene rings is 2. The zero-order chi connectivity index (χ0) is 31.4. The Morgan fingerprint density at radius 3 is 2.50 bits per heavy atom. The van der Waals surface area contributed by atoms with Gasteiger partial charge in [0.1, 0.15) is 11.6 Å². The Morgan fingerprint density at radius 2 is 1.82 bits per heavy atom. The van der Waals surface area contributed by atoms with Gasteiger partial charge in [-0.05, 0) is 56.2 Å². The normalized spacial score (nSPS) is 25.2. The quantitative estimate of drug-likeness (QED) is 0.240. The molecule has 44 heavy (non-hydrogen) atoms. The molecule has 1 N–H and O–H groups in total. The van der Waals surface area contributed by atoms with Gasteiger partial charge in [-0.1, -0.05) is 66.2 Å². The van der Waals surface area contributed by atoms with Crippen molar-refractivity contribution in [2.75, 3.05) is 31.1 Å². The van der Waals surface area contributed by atoms with E-state index < -0.39 is 29.6 Å². The molecule has 0 radical (unpaired) electrons. The Balaban J connectivity index is 1.53. The summed E-state index contributed by atoms with van der Waals surface area (Å²) in [5.74, 6) is -2.15. The van der Waals surface area contributed by atoms with Gasteiger partial charge in [0.25, 0.3) is 5.91 Å². The van der Waals surface area contributed by atoms with Crippen LogP contribution in [0.5, 0.6) is 0 Å². The molecule has 9 heteroatoms. The van der Waals surface area contributed by atoms with Crippen LogP contribution < -0.4 is 4.90 Å². The topological polar surface area (TPSA) is 90.4 Å². The highest BCUT2D eigenvalue weighted by Gasteiger charge is 2.74. The van der Waals surface area contributed by atoms with Crippen molar-refractivity contribution < 1.29 is 24.2 Å². The Kier molecular flexibility index (Phi) is 9.93. The van der Waals surface area contributed by atoms with Gasteiger partial charge >= 0.3 is 0 Å². The van der Waals surface area contributed by atoms with Gasteiger partial charge in [0.05, 0.1) is 28.6 Å². The number of nitrogens with zero attached hydrogens (tertiary/aromatic N) is 3. The highest BCUT2D eigenvalue weighted by molar-refractivity contribution is 6.34. The Bertz CT molecular complexity index is 1380. The third-order valence-electron chi connectivity index (χ3n) is 9.29. The molecule has 3 fully saturated rings. The van der Waals surface area contributed by atoms with Crippen LogP contribution in [0.2, 0.25) is 5.02 Å². The number of rotatable bonds is 14. The van der Waals surface area contributed by atoms with E-state index in [4.69, 9.17) is 16.3 Å². The summed E-state index contributed by atoms with van der Waals surface area (Å²) in [6, 6.07) is 14.3. The molecule has 2 aromatic carbocycles. The summed E-state index contributed by atoms with van der Waals surface area (Å²) in [7, 11) is 0. The van der Waals surface area contributed by atoms with Crippen molar-refractivity contribution in [2.45, 2.75) is 63.3 Å². The summed E-state index contributed by atoms with van der Waals surface area (Å²) in [5, 5.41) is 9.77. The highest BCUT2D eigenvalue weighted by atomic mass is 35.5. The number of aliphatic hydroxyl groups is 1. The van der Waals surface area contributed by atoms with Crippen molar-refractivity contribution >= 4 is 35.0 Å². The number of unbranched alkanes of at least 4 members (excludes halogenated alkanes) is 2. The fourth-order valence-corrected chi connectivity index (χ4v) is 7.79. The van der Waals surface area contributed by atoms with E-state index in [0.717, 1.165) is 11.1 Å². The lowest BCUT2D eigenvalue weighted by Gasteiger charge is -2.37. The van der Waals surface area contributed by atoms with Gasteiger partial charge in [-0.15, -0.1) is 13.2 Å². The number of hydrogen-bond donors (Lipinski definition) is 1. The maximum absolute atomic E-state index is 14.8. The number of amides is 3. The summed E-state index contributed by atoms with van der Waals surface area (Å²) < 4.78 is 6.70. The fourth-order valence-electron chi connectivity index (χ4n) is 7.46. The van der Waals surface area contributed by atoms with Gasteiger partial charge in [0, 0.05) is 32.8 Å². The average Bonchev–Trinajstić information content (AvgIpc) is 3.66. The zero-order valence-electron chi connectivity index (χ0n) is 25.4. The molecular weight excluding hydrogens is 578 g/mol. The van der Waals surface area contributed by atoms with Crippen LogP contribution in [0.1, 0.15) is 43.2 Å². The van der Waals surface area contributed by atoms with Gasteiger partial charge < -0.3 is 24.5 Å². The zero-order valence-corrected chi connectivity index (χ0v) is 26.1. The van der Waals surface area contributed by atoms with Crippen LogP contribution in [-0.2, 0) is 25.7 Å². The first-order chi connectivity index (χ1) is 21.3. The third kappa shape index (κ3) is 5.71. The van der Waals surface area contributed by atoms with E-state index in [1.165, 1.54) is 0 Å². The first-order valence-corrected chi connectivity index (χ1v) is 15.9. The molecule has 1 spiro atoms. The monoisotopic (exact) mass is 619 g/mol. The van der Waals surface area contributed by atoms with Crippen molar-refractivity contribution in [3.63, 3.8) is 0 Å². The first kappa shape index (κ1) is 31.9. The fraction of sp³-hybridized carbons (Fsp3) is 0.457. The Labute approximate surface area is 264 Å². The minimum absolute atomic E-state index is 0.0592. The molecule has 3 saturated heterocycles. The number of likely N-dealkylation sites (tertiary alicyclic amines) is 1. The molecule has 0 aliphatic carbocycles. The number of hydrogen-bond acceptors (Lipinski definition) is 5. The van der Waals surface area contributed by atoms with Crippen molar-refractivity contribution in [1.82, 2.24) is 9.80 Å². The summed E-state index contributed by atoms with van der Waals surface area (Å²) in [6.07, 6.45) is 5.90. The standard InChI is InChI=1S/C35H42ClN3O5/c1-4-19-37(23-25-14-8-6-9-15-25)32(41)28-27-17-18-35(44-27)29(28)33(42)39(21-10-7-11-22-40)31(35)34(43)38(20-5-2)30-24(3)13-12-16-26(30)36/h4-6,8-9,12-16,27-29,31,40H,1-2,7,10-11,17-23H2,3H3/t27-,28+,29+,31?,35?/m1/s1. The van der Waals surface area contributed by atoms with Crippen molar-refractivity contribution in [2.24, 2.45) is 11.8 Å². The predicted molar refractivity (Wildman–Crippen MR) is 171 cm³/mol. The van der Waals surface area contributed by atoms with Crippen LogP contribution in [0.15, 0.2) is 73.8 Å². The van der Waals surface area contributed by atoms with Crippen molar-refractivity contribution in [1.29, 1.82) is 0 Å². The Hall–Kier alpha value is -3.46. The van der Waals surface area contributed by atoms with Crippen LogP contribution in [0.4, 0.5) is 5.69 Å². The van der Waals surface area contributed by atoms with E-state index in [9.17, 15) is 19.5 Å². The number of ether oxygens (including phenoxy) is 1. The van der Waals surface area contributed by atoms with Crippen molar-refractivity contribution in [3.8, 4) is 0 Å². The molecule has 3 aliphatic rings. The van der Waals surface area contributed by atoms with Crippen LogP contribution in [0.3, 0.4) is 0 Å². The minimum Gasteiger partial charge on any atom is -0.396 e. The predicted octanol–water partition coefficient (Wildman–Crippen LogP) is 4.92. The SMILES string of the molecule is C=CCN(Cc1ccccc1)C(=O)[C@@H]1[C@H]2C(=O)N(CCCCCO)C(C(=O)N(CC=C)c3c(C)cccc3Cl)C23CC[C@H]1O3. The molecule has 5 atom stereocenters. The lowest BCUT2D eigenvalue weighted by atomic mass is 9.70. The molecule has 2 unspecified atom stereocenters. The summed E-state index contributed by atoms with van der Waals surface area (Å²) in [5.41, 5.74) is 1.25. The summed E-state index contributed by atoms with van der Waals surface area (Å²) >= 11 is 6.66. The molecule has 234 valence electrons. The molecule has 3 amide bonds. The van der Waals surface area contributed by atoms with E-state index >= 15 is 0 Å². The van der Waals surface area contributed by atoms with Gasteiger partial charge in [-0.25, -0.2) is 0 Å². The number of aryl methyl sites for hydroxylation is 1. The number of carbonyl (C=O) groups is 3. The second kappa shape index (κ2) is 13.7. The number of para-hydroxylation sites is 1. The number of carbonyl (C=O) groups excluding carboxylic acids is 3. The van der Waals surface area contributed by atoms with E-state index in [1.54, 1.807) is 32.9 Å². The van der Waals surface area contributed by atoms with Crippen LogP contribution in [-0.4, -0.2) is 76.6 Å². The number of aliphatic hydroxyl groups excluding tert-OH is 1. The third-order valence-corrected chi connectivity index (χ3v) is 9.59. The Morgan fingerprint density at radius 1 is 1.07 bits per heavy atom. The molecule has 8 nitrogen and oxygen atoms in total. The second-order valence-corrected chi connectivity index (χ2v) is 12.4. The lowest BCUT2D eigenvalue weighted by Crippen LogP contribution is -2.56. The smallest absolute Gasteiger partial charge is 0.253 e. The summed E-state index contributed by atoms with van der Waals surface area (Å²) in [4.78, 5) is 48.5. The molecule has 0 saturated carbocycles.